The van der Waals surface area contributed by atoms with E-state index in [4.69, 9.17) is 4.65 Å². The first-order valence-electron chi connectivity index (χ1n) is 8.93. The Balaban J connectivity index is 2.69. The van der Waals surface area contributed by atoms with Crippen LogP contribution in [0.15, 0.2) is 77.8 Å². The maximum absolute atomic E-state index is 13.7. The minimum atomic E-state index is -2.93. The molecule has 0 saturated carbocycles. The smallest absolute Gasteiger partial charge is 0.368 e. The van der Waals surface area contributed by atoms with Gasteiger partial charge in [-0.25, -0.2) is 0 Å². The molecule has 0 aromatic heterocycles. The zero-order valence-electron chi connectivity index (χ0n) is 16.4. The highest BCUT2D eigenvalue weighted by Gasteiger charge is 2.51. The first-order chi connectivity index (χ1) is 12.7. The summed E-state index contributed by atoms with van der Waals surface area (Å²) in [6.45, 7) is 9.70. The van der Waals surface area contributed by atoms with Gasteiger partial charge in [0.1, 0.15) is 0 Å². The van der Waals surface area contributed by atoms with E-state index >= 15 is 0 Å². The maximum atomic E-state index is 13.7. The van der Waals surface area contributed by atoms with E-state index < -0.39 is 18.5 Å². The van der Waals surface area contributed by atoms with Crippen molar-refractivity contribution >= 4 is 13.2 Å². The molecule has 0 saturated heterocycles. The second kappa shape index (κ2) is 8.62. The van der Waals surface area contributed by atoms with Crippen molar-refractivity contribution < 1.29 is 13.3 Å². The summed E-state index contributed by atoms with van der Waals surface area (Å²) in [6.07, 6.45) is 0.196. The molecule has 0 bridgehead atoms. The normalized spacial score (nSPS) is 14.5. The fraction of sp³-hybridized carbons (Fsp3) is 0.318. The summed E-state index contributed by atoms with van der Waals surface area (Å²) in [5.74, 6) is 0. The minimum absolute atomic E-state index is 0.196. The number of aliphatic imine (C=N–C) groups is 1. The lowest BCUT2D eigenvalue weighted by atomic mass is 9.64. The summed E-state index contributed by atoms with van der Waals surface area (Å²) >= 11 is 0. The summed E-state index contributed by atoms with van der Waals surface area (Å²) in [5, 5.41) is 0. The molecular formula is C22H26BF2NO. The number of rotatable bonds is 8. The molecule has 0 heterocycles. The van der Waals surface area contributed by atoms with Gasteiger partial charge in [-0.2, -0.15) is 0 Å². The quantitative estimate of drug-likeness (QED) is 0.321. The number of halogens is 2. The first kappa shape index (κ1) is 21.0. The van der Waals surface area contributed by atoms with E-state index in [1.54, 1.807) is 7.05 Å². The van der Waals surface area contributed by atoms with Crippen molar-refractivity contribution in [3.63, 3.8) is 0 Å². The molecule has 142 valence electrons. The monoisotopic (exact) mass is 369 g/mol. The summed E-state index contributed by atoms with van der Waals surface area (Å²) in [6, 6.07) is 18.7. The topological polar surface area (TPSA) is 21.6 Å². The van der Waals surface area contributed by atoms with Crippen molar-refractivity contribution in [2.45, 2.75) is 32.8 Å². The van der Waals surface area contributed by atoms with Crippen LogP contribution in [0.25, 0.3) is 0 Å². The largest absolute Gasteiger partial charge is 0.721 e. The standard InChI is InChI=1S/C22H26BF2NO/c1-17(2)21(3,4)22(27-23(24)25,19-14-10-7-11-15-19)16-20(26-5)18-12-8-6-9-13-18/h6-15H,1,16H2,2-5H3. The molecule has 0 N–H and O–H groups in total. The average molecular weight is 369 g/mol. The third-order valence-electron chi connectivity index (χ3n) is 5.40. The fourth-order valence-corrected chi connectivity index (χ4v) is 3.32. The van der Waals surface area contributed by atoms with Gasteiger partial charge in [0.25, 0.3) is 0 Å². The molecule has 5 heteroatoms. The van der Waals surface area contributed by atoms with E-state index in [1.165, 1.54) is 0 Å². The lowest BCUT2D eigenvalue weighted by Crippen LogP contribution is -2.48. The van der Waals surface area contributed by atoms with Crippen LogP contribution in [-0.2, 0) is 10.3 Å². The molecule has 2 aromatic carbocycles. The molecule has 0 fully saturated rings. The van der Waals surface area contributed by atoms with Crippen LogP contribution in [0.3, 0.4) is 0 Å². The van der Waals surface area contributed by atoms with Gasteiger partial charge in [0.05, 0.1) is 5.60 Å². The summed E-state index contributed by atoms with van der Waals surface area (Å²) in [7, 11) is -1.26. The molecular weight excluding hydrogens is 343 g/mol. The highest BCUT2D eigenvalue weighted by Crippen LogP contribution is 2.50. The van der Waals surface area contributed by atoms with Crippen molar-refractivity contribution in [3.8, 4) is 0 Å². The highest BCUT2D eigenvalue weighted by atomic mass is 19.2. The van der Waals surface area contributed by atoms with Crippen molar-refractivity contribution in [3.05, 3.63) is 83.9 Å². The van der Waals surface area contributed by atoms with E-state index in [9.17, 15) is 8.63 Å². The van der Waals surface area contributed by atoms with Crippen LogP contribution in [0.4, 0.5) is 8.63 Å². The molecule has 2 aromatic rings. The van der Waals surface area contributed by atoms with Crippen LogP contribution in [0.1, 0.15) is 38.3 Å². The van der Waals surface area contributed by atoms with Gasteiger partial charge in [0.2, 0.25) is 0 Å². The summed E-state index contributed by atoms with van der Waals surface area (Å²) < 4.78 is 32.8. The Hall–Kier alpha value is -2.27. The second-order valence-corrected chi connectivity index (χ2v) is 7.19. The van der Waals surface area contributed by atoms with Crippen LogP contribution in [0.5, 0.6) is 0 Å². The second-order valence-electron chi connectivity index (χ2n) is 7.19. The van der Waals surface area contributed by atoms with Crippen LogP contribution in [-0.4, -0.2) is 20.2 Å². The maximum Gasteiger partial charge on any atom is 0.721 e. The number of hydrogen-bond donors (Lipinski definition) is 0. The molecule has 1 atom stereocenters. The zero-order valence-corrected chi connectivity index (χ0v) is 16.4. The molecule has 0 aliphatic carbocycles. The molecule has 0 aliphatic rings. The molecule has 2 rings (SSSR count). The summed E-state index contributed by atoms with van der Waals surface area (Å²) in [5.41, 5.74) is 0.935. The molecule has 0 spiro atoms. The van der Waals surface area contributed by atoms with Crippen LogP contribution in [0.2, 0.25) is 0 Å². The van der Waals surface area contributed by atoms with E-state index in [1.807, 2.05) is 81.4 Å². The Kier molecular flexibility index (Phi) is 6.71. The third-order valence-corrected chi connectivity index (χ3v) is 5.40. The van der Waals surface area contributed by atoms with Gasteiger partial charge < -0.3 is 4.65 Å². The summed E-state index contributed by atoms with van der Waals surface area (Å²) in [4.78, 5) is 4.41. The van der Waals surface area contributed by atoms with E-state index in [-0.39, 0.29) is 6.42 Å². The van der Waals surface area contributed by atoms with Crippen molar-refractivity contribution in [1.29, 1.82) is 0 Å². The number of benzene rings is 2. The molecule has 2 nitrogen and oxygen atoms in total. The van der Waals surface area contributed by atoms with Crippen molar-refractivity contribution in [2.75, 3.05) is 7.05 Å². The lowest BCUT2D eigenvalue weighted by molar-refractivity contribution is -0.0417. The fourth-order valence-electron chi connectivity index (χ4n) is 3.32. The van der Waals surface area contributed by atoms with Gasteiger partial charge >= 0.3 is 7.47 Å². The highest BCUT2D eigenvalue weighted by molar-refractivity contribution is 6.34. The molecule has 0 radical (unpaired) electrons. The first-order valence-corrected chi connectivity index (χ1v) is 8.93. The molecule has 27 heavy (non-hydrogen) atoms. The van der Waals surface area contributed by atoms with Crippen LogP contribution in [0, 0.1) is 5.41 Å². The van der Waals surface area contributed by atoms with Crippen LogP contribution < -0.4 is 0 Å². The Morgan fingerprint density at radius 2 is 1.56 bits per heavy atom. The van der Waals surface area contributed by atoms with Gasteiger partial charge in [-0.1, -0.05) is 86.7 Å². The predicted molar refractivity (Wildman–Crippen MR) is 109 cm³/mol. The Morgan fingerprint density at radius 3 is 2.00 bits per heavy atom. The van der Waals surface area contributed by atoms with Gasteiger partial charge in [0.15, 0.2) is 0 Å². The van der Waals surface area contributed by atoms with Gasteiger partial charge in [-0.3, -0.25) is 13.6 Å². The lowest BCUT2D eigenvalue weighted by Gasteiger charge is -2.48. The zero-order chi connectivity index (χ0) is 20.1. The van der Waals surface area contributed by atoms with E-state index in [0.29, 0.717) is 11.3 Å². The molecule has 0 amide bonds. The van der Waals surface area contributed by atoms with Gasteiger partial charge in [0, 0.05) is 24.6 Å². The van der Waals surface area contributed by atoms with E-state index in [0.717, 1.165) is 11.1 Å². The molecule has 0 aliphatic heterocycles. The number of hydrogen-bond acceptors (Lipinski definition) is 2. The Labute approximate surface area is 161 Å². The SMILES string of the molecule is C=C(C)C(C)(C)C(CC(=NC)c1ccccc1)(OB(F)F)c1ccccc1. The molecule has 1 unspecified atom stereocenters. The van der Waals surface area contributed by atoms with Gasteiger partial charge in [-0.05, 0) is 18.1 Å². The van der Waals surface area contributed by atoms with Gasteiger partial charge in [-0.15, -0.1) is 0 Å². The van der Waals surface area contributed by atoms with Crippen LogP contribution >= 0.6 is 0 Å². The Bertz CT molecular complexity index is 790. The average Bonchev–Trinajstić information content (AvgIpc) is 2.66. The van der Waals surface area contributed by atoms with Crippen molar-refractivity contribution in [2.24, 2.45) is 10.4 Å². The Morgan fingerprint density at radius 1 is 1.04 bits per heavy atom. The predicted octanol–water partition coefficient (Wildman–Crippen LogP) is 5.93. The minimum Gasteiger partial charge on any atom is -0.368 e. The number of nitrogens with zero attached hydrogens (tertiary/aromatic N) is 1. The van der Waals surface area contributed by atoms with Crippen molar-refractivity contribution in [1.82, 2.24) is 0 Å². The third kappa shape index (κ3) is 4.36. The van der Waals surface area contributed by atoms with E-state index in [2.05, 4.69) is 11.6 Å².